The average molecular weight is 396 g/mol. The van der Waals surface area contributed by atoms with Crippen LogP contribution in [0.1, 0.15) is 30.1 Å². The molecule has 3 rings (SSSR count). The molecule has 2 heterocycles. The molecule has 110 valence electrons. The monoisotopic (exact) mass is 396 g/mol. The normalized spacial score (nSPS) is 14.7. The smallest absolute Gasteiger partial charge is 0.339 e. The Kier molecular flexibility index (Phi) is 4.28. The lowest BCUT2D eigenvalue weighted by molar-refractivity contribution is 0.0526. The third-order valence-electron chi connectivity index (χ3n) is 3.71. The zero-order chi connectivity index (χ0) is 14.8. The summed E-state index contributed by atoms with van der Waals surface area (Å²) < 4.78 is 6.22. The summed E-state index contributed by atoms with van der Waals surface area (Å²) in [4.78, 5) is 18.6. The van der Waals surface area contributed by atoms with Crippen molar-refractivity contribution in [1.29, 1.82) is 0 Å². The fourth-order valence-corrected chi connectivity index (χ4v) is 3.50. The number of anilines is 1. The van der Waals surface area contributed by atoms with Gasteiger partial charge in [-0.15, -0.1) is 0 Å². The quantitative estimate of drug-likeness (QED) is 0.587. The van der Waals surface area contributed by atoms with Crippen LogP contribution in [0.15, 0.2) is 24.4 Å². The molecule has 1 aromatic carbocycles. The van der Waals surface area contributed by atoms with Gasteiger partial charge in [0.1, 0.15) is 0 Å². The van der Waals surface area contributed by atoms with E-state index in [1.807, 2.05) is 6.07 Å². The van der Waals surface area contributed by atoms with E-state index in [2.05, 4.69) is 44.6 Å². The molecule has 0 aliphatic carbocycles. The molecular weight excluding hydrogens is 379 g/mol. The van der Waals surface area contributed by atoms with Crippen LogP contribution in [-0.2, 0) is 4.74 Å². The molecule has 4 nitrogen and oxygen atoms in total. The molecule has 1 aromatic heterocycles. The highest BCUT2D eigenvalue weighted by Crippen LogP contribution is 2.30. The molecule has 1 aliphatic heterocycles. The van der Waals surface area contributed by atoms with E-state index < -0.39 is 0 Å². The van der Waals surface area contributed by atoms with Gasteiger partial charge in [-0.3, -0.25) is 4.98 Å². The second kappa shape index (κ2) is 6.17. The summed E-state index contributed by atoms with van der Waals surface area (Å²) >= 11 is 2.36. The number of rotatable bonds is 3. The molecule has 21 heavy (non-hydrogen) atoms. The second-order valence-corrected chi connectivity index (χ2v) is 6.30. The number of carbonyl (C=O) groups excluding carboxylic acids is 1. The molecule has 0 amide bonds. The van der Waals surface area contributed by atoms with Gasteiger partial charge in [0.05, 0.1) is 23.4 Å². The van der Waals surface area contributed by atoms with Gasteiger partial charge < -0.3 is 9.64 Å². The zero-order valence-corrected chi connectivity index (χ0v) is 14.1. The first kappa shape index (κ1) is 14.6. The molecule has 0 radical (unpaired) electrons. The number of aromatic nitrogens is 1. The van der Waals surface area contributed by atoms with Gasteiger partial charge in [0.2, 0.25) is 0 Å². The molecule has 1 aliphatic rings. The number of benzene rings is 1. The Labute approximate surface area is 137 Å². The number of carbonyl (C=O) groups is 1. The van der Waals surface area contributed by atoms with E-state index in [4.69, 9.17) is 4.74 Å². The Balaban J connectivity index is 1.99. The van der Waals surface area contributed by atoms with E-state index >= 15 is 0 Å². The third-order valence-corrected chi connectivity index (χ3v) is 4.57. The highest BCUT2D eigenvalue weighted by molar-refractivity contribution is 14.1. The maximum Gasteiger partial charge on any atom is 0.339 e. The van der Waals surface area contributed by atoms with Crippen molar-refractivity contribution in [3.05, 3.63) is 33.5 Å². The van der Waals surface area contributed by atoms with E-state index in [0.29, 0.717) is 12.2 Å². The Bertz CT molecular complexity index is 681. The maximum absolute atomic E-state index is 11.8. The molecule has 1 saturated heterocycles. The van der Waals surface area contributed by atoms with Gasteiger partial charge in [0, 0.05) is 28.2 Å². The summed E-state index contributed by atoms with van der Waals surface area (Å²) in [5, 5.41) is 0.980. The van der Waals surface area contributed by atoms with Crippen LogP contribution in [0.3, 0.4) is 0 Å². The Morgan fingerprint density at radius 3 is 2.81 bits per heavy atom. The molecule has 1 fully saturated rings. The summed E-state index contributed by atoms with van der Waals surface area (Å²) in [6.07, 6.45) is 4.10. The summed E-state index contributed by atoms with van der Waals surface area (Å²) in [5.41, 5.74) is 2.68. The summed E-state index contributed by atoms with van der Waals surface area (Å²) in [7, 11) is 0. The first-order chi connectivity index (χ1) is 10.2. The first-order valence-electron chi connectivity index (χ1n) is 7.20. The van der Waals surface area contributed by atoms with Crippen LogP contribution in [0.5, 0.6) is 0 Å². The van der Waals surface area contributed by atoms with E-state index in [-0.39, 0.29) is 5.97 Å². The number of nitrogens with zero attached hydrogens (tertiary/aromatic N) is 2. The van der Waals surface area contributed by atoms with Crippen molar-refractivity contribution in [3.8, 4) is 0 Å². The van der Waals surface area contributed by atoms with E-state index in [0.717, 1.165) is 24.0 Å². The highest BCUT2D eigenvalue weighted by atomic mass is 127. The summed E-state index contributed by atoms with van der Waals surface area (Å²) in [5.74, 6) is -0.314. The van der Waals surface area contributed by atoms with Crippen LogP contribution in [0.25, 0.3) is 10.9 Å². The Hall–Kier alpha value is -1.37. The first-order valence-corrected chi connectivity index (χ1v) is 8.28. The van der Waals surface area contributed by atoms with Crippen molar-refractivity contribution in [3.63, 3.8) is 0 Å². The topological polar surface area (TPSA) is 42.4 Å². The molecule has 0 N–H and O–H groups in total. The lowest BCUT2D eigenvalue weighted by Crippen LogP contribution is -2.18. The molecular formula is C16H17IN2O2. The van der Waals surface area contributed by atoms with Crippen molar-refractivity contribution in [1.82, 2.24) is 4.98 Å². The van der Waals surface area contributed by atoms with Crippen LogP contribution in [-0.4, -0.2) is 30.6 Å². The van der Waals surface area contributed by atoms with Gasteiger partial charge in [-0.25, -0.2) is 4.79 Å². The van der Waals surface area contributed by atoms with Crippen LogP contribution in [0, 0.1) is 3.57 Å². The Morgan fingerprint density at radius 2 is 2.10 bits per heavy atom. The largest absolute Gasteiger partial charge is 0.462 e. The zero-order valence-electron chi connectivity index (χ0n) is 11.9. The number of hydrogen-bond donors (Lipinski definition) is 0. The minimum atomic E-state index is -0.314. The second-order valence-electron chi connectivity index (χ2n) is 5.13. The number of pyridine rings is 1. The van der Waals surface area contributed by atoms with E-state index in [9.17, 15) is 4.79 Å². The fraction of sp³-hybridized carbons (Fsp3) is 0.375. The molecule has 0 unspecified atom stereocenters. The van der Waals surface area contributed by atoms with Crippen molar-refractivity contribution in [2.24, 2.45) is 0 Å². The van der Waals surface area contributed by atoms with Crippen molar-refractivity contribution in [2.75, 3.05) is 24.6 Å². The molecule has 5 heteroatoms. The molecule has 0 bridgehead atoms. The number of fused-ring (bicyclic) bond motifs is 1. The highest BCUT2D eigenvalue weighted by Gasteiger charge is 2.16. The fourth-order valence-electron chi connectivity index (χ4n) is 2.66. The summed E-state index contributed by atoms with van der Waals surface area (Å²) in [6.45, 7) is 4.41. The number of ether oxygens (including phenoxy) is 1. The Morgan fingerprint density at radius 1 is 1.33 bits per heavy atom. The standard InChI is InChI=1S/C16H17IN2O2/c1-2-21-16(20)12-7-11-8-13(17)15(9-14(11)18-10-12)19-5-3-4-6-19/h7-10H,2-6H2,1H3. The number of hydrogen-bond acceptors (Lipinski definition) is 4. The molecule has 2 aromatic rings. The van der Waals surface area contributed by atoms with Crippen molar-refractivity contribution < 1.29 is 9.53 Å². The minimum Gasteiger partial charge on any atom is -0.462 e. The average Bonchev–Trinajstić information content (AvgIpc) is 3.00. The summed E-state index contributed by atoms with van der Waals surface area (Å²) in [6, 6.07) is 6.08. The van der Waals surface area contributed by atoms with Gasteiger partial charge in [0.15, 0.2) is 0 Å². The molecule has 0 atom stereocenters. The van der Waals surface area contributed by atoms with Crippen LogP contribution < -0.4 is 4.90 Å². The maximum atomic E-state index is 11.8. The van der Waals surface area contributed by atoms with Gasteiger partial charge in [-0.1, -0.05) is 0 Å². The predicted molar refractivity (Wildman–Crippen MR) is 91.9 cm³/mol. The molecule has 0 spiro atoms. The minimum absolute atomic E-state index is 0.314. The SMILES string of the molecule is CCOC(=O)c1cnc2cc(N3CCCC3)c(I)cc2c1. The van der Waals surface area contributed by atoms with Gasteiger partial charge >= 0.3 is 5.97 Å². The van der Waals surface area contributed by atoms with E-state index in [1.165, 1.54) is 22.1 Å². The van der Waals surface area contributed by atoms with Crippen LogP contribution >= 0.6 is 22.6 Å². The number of halogens is 1. The van der Waals surface area contributed by atoms with E-state index in [1.54, 1.807) is 13.1 Å². The van der Waals surface area contributed by atoms with Gasteiger partial charge in [-0.2, -0.15) is 0 Å². The lowest BCUT2D eigenvalue weighted by atomic mass is 10.1. The lowest BCUT2D eigenvalue weighted by Gasteiger charge is -2.19. The van der Waals surface area contributed by atoms with Gasteiger partial charge in [0.25, 0.3) is 0 Å². The van der Waals surface area contributed by atoms with Crippen molar-refractivity contribution >= 4 is 45.2 Å². The van der Waals surface area contributed by atoms with Crippen LogP contribution in [0.4, 0.5) is 5.69 Å². The number of esters is 1. The predicted octanol–water partition coefficient (Wildman–Crippen LogP) is 3.62. The van der Waals surface area contributed by atoms with Crippen LogP contribution in [0.2, 0.25) is 0 Å². The van der Waals surface area contributed by atoms with Gasteiger partial charge in [-0.05, 0) is 60.6 Å². The third kappa shape index (κ3) is 2.97. The van der Waals surface area contributed by atoms with Crippen molar-refractivity contribution in [2.45, 2.75) is 19.8 Å². The molecule has 0 saturated carbocycles.